The summed E-state index contributed by atoms with van der Waals surface area (Å²) in [5, 5.41) is 3.00. The first kappa shape index (κ1) is 21.7. The maximum atomic E-state index is 12.6. The first-order chi connectivity index (χ1) is 15.2. The molecule has 0 aliphatic carbocycles. The summed E-state index contributed by atoms with van der Waals surface area (Å²) in [5.74, 6) is 0.710. The van der Waals surface area contributed by atoms with Crippen LogP contribution in [0.5, 0.6) is 5.75 Å². The van der Waals surface area contributed by atoms with Crippen molar-refractivity contribution in [1.82, 2.24) is 4.90 Å². The highest BCUT2D eigenvalue weighted by atomic mass is 16.5. The molecule has 2 aromatic rings. The number of hydrogen-bond donors (Lipinski definition) is 1. The average molecular weight is 422 g/mol. The highest BCUT2D eigenvalue weighted by Crippen LogP contribution is 2.26. The standard InChI is InChI=1S/C26H35N3O2/c1-2-3-19-31-25-13-7-21(8-14-25)26(30)27-22-9-11-23(12-10-22)29-18-15-24(20-29)28-16-5-4-6-17-28/h7-14,24H,2-6,15-20H2,1H3,(H,27,30). The molecule has 2 saturated heterocycles. The molecule has 0 spiro atoms. The first-order valence-electron chi connectivity index (χ1n) is 11.9. The lowest BCUT2D eigenvalue weighted by atomic mass is 10.1. The molecule has 1 atom stereocenters. The van der Waals surface area contributed by atoms with E-state index in [2.05, 4.69) is 34.2 Å². The summed E-state index contributed by atoms with van der Waals surface area (Å²) in [6.45, 7) is 7.59. The summed E-state index contributed by atoms with van der Waals surface area (Å²) >= 11 is 0. The van der Waals surface area contributed by atoms with Crippen LogP contribution < -0.4 is 15.0 Å². The summed E-state index contributed by atoms with van der Waals surface area (Å²) in [6, 6.07) is 16.3. The van der Waals surface area contributed by atoms with Crippen molar-refractivity contribution in [2.75, 3.05) is 43.0 Å². The zero-order valence-corrected chi connectivity index (χ0v) is 18.7. The molecule has 1 unspecified atom stereocenters. The van der Waals surface area contributed by atoms with Gasteiger partial charge in [0.25, 0.3) is 5.91 Å². The van der Waals surface area contributed by atoms with E-state index >= 15 is 0 Å². The molecule has 1 N–H and O–H groups in total. The summed E-state index contributed by atoms with van der Waals surface area (Å²) in [6.07, 6.45) is 7.47. The van der Waals surface area contributed by atoms with E-state index in [4.69, 9.17) is 4.74 Å². The molecule has 5 heteroatoms. The Bertz CT molecular complexity index is 829. The van der Waals surface area contributed by atoms with E-state index < -0.39 is 0 Å². The molecule has 2 aliphatic rings. The zero-order valence-electron chi connectivity index (χ0n) is 18.7. The van der Waals surface area contributed by atoms with Gasteiger partial charge in [0, 0.05) is 36.1 Å². The van der Waals surface area contributed by atoms with Crippen molar-refractivity contribution in [2.24, 2.45) is 0 Å². The molecule has 0 bridgehead atoms. The van der Waals surface area contributed by atoms with Gasteiger partial charge in [-0.05, 0) is 87.3 Å². The molecular weight excluding hydrogens is 386 g/mol. The molecule has 2 aromatic carbocycles. The Morgan fingerprint density at radius 2 is 1.74 bits per heavy atom. The van der Waals surface area contributed by atoms with E-state index in [9.17, 15) is 4.79 Å². The van der Waals surface area contributed by atoms with Gasteiger partial charge in [-0.15, -0.1) is 0 Å². The van der Waals surface area contributed by atoms with E-state index in [0.717, 1.165) is 37.4 Å². The Labute approximate surface area is 186 Å². The monoisotopic (exact) mass is 421 g/mol. The highest BCUT2D eigenvalue weighted by molar-refractivity contribution is 6.04. The second-order valence-electron chi connectivity index (χ2n) is 8.71. The Morgan fingerprint density at radius 3 is 2.45 bits per heavy atom. The zero-order chi connectivity index (χ0) is 21.5. The third-order valence-electron chi connectivity index (χ3n) is 6.44. The van der Waals surface area contributed by atoms with Crippen LogP contribution in [0.3, 0.4) is 0 Å². The van der Waals surface area contributed by atoms with Crippen LogP contribution in [0.2, 0.25) is 0 Å². The molecule has 2 aliphatic heterocycles. The van der Waals surface area contributed by atoms with Crippen molar-refractivity contribution in [2.45, 2.75) is 51.5 Å². The van der Waals surface area contributed by atoms with Crippen molar-refractivity contribution < 1.29 is 9.53 Å². The molecule has 0 aromatic heterocycles. The molecule has 5 nitrogen and oxygen atoms in total. The van der Waals surface area contributed by atoms with Gasteiger partial charge >= 0.3 is 0 Å². The Balaban J connectivity index is 1.29. The fraction of sp³-hybridized carbons (Fsp3) is 0.500. The summed E-state index contributed by atoms with van der Waals surface area (Å²) < 4.78 is 5.67. The Kier molecular flexibility index (Phi) is 7.47. The van der Waals surface area contributed by atoms with Crippen LogP contribution in [-0.2, 0) is 0 Å². The van der Waals surface area contributed by atoms with Crippen LogP contribution in [0.4, 0.5) is 11.4 Å². The number of ether oxygens (including phenoxy) is 1. The SMILES string of the molecule is CCCCOc1ccc(C(=O)Nc2ccc(N3CCC(N4CCCCC4)C3)cc2)cc1. The molecule has 1 amide bonds. The van der Waals surface area contributed by atoms with Gasteiger partial charge in [0.05, 0.1) is 6.61 Å². The van der Waals surface area contributed by atoms with Crippen molar-refractivity contribution in [3.05, 3.63) is 54.1 Å². The van der Waals surface area contributed by atoms with E-state index in [1.54, 1.807) is 0 Å². The van der Waals surface area contributed by atoms with E-state index in [1.165, 1.54) is 44.5 Å². The smallest absolute Gasteiger partial charge is 0.255 e. The minimum absolute atomic E-state index is 0.0980. The number of hydrogen-bond acceptors (Lipinski definition) is 4. The lowest BCUT2D eigenvalue weighted by Gasteiger charge is -2.32. The van der Waals surface area contributed by atoms with Gasteiger partial charge < -0.3 is 15.0 Å². The summed E-state index contributed by atoms with van der Waals surface area (Å²) in [4.78, 5) is 17.7. The van der Waals surface area contributed by atoms with Crippen molar-refractivity contribution in [1.29, 1.82) is 0 Å². The number of amides is 1. The van der Waals surface area contributed by atoms with Gasteiger partial charge in [-0.1, -0.05) is 19.8 Å². The van der Waals surface area contributed by atoms with Crippen LogP contribution in [0.25, 0.3) is 0 Å². The number of anilines is 2. The maximum absolute atomic E-state index is 12.6. The third kappa shape index (κ3) is 5.79. The summed E-state index contributed by atoms with van der Waals surface area (Å²) in [5.41, 5.74) is 2.70. The average Bonchev–Trinajstić information content (AvgIpc) is 3.31. The largest absolute Gasteiger partial charge is 0.494 e. The van der Waals surface area contributed by atoms with E-state index in [-0.39, 0.29) is 5.91 Å². The Morgan fingerprint density at radius 1 is 1.00 bits per heavy atom. The number of rotatable bonds is 8. The minimum atomic E-state index is -0.0980. The predicted molar refractivity (Wildman–Crippen MR) is 127 cm³/mol. The van der Waals surface area contributed by atoms with Gasteiger partial charge in [0.1, 0.15) is 5.75 Å². The number of unbranched alkanes of at least 4 members (excludes halogenated alkanes) is 1. The van der Waals surface area contributed by atoms with Gasteiger partial charge in [-0.2, -0.15) is 0 Å². The number of benzene rings is 2. The van der Waals surface area contributed by atoms with Crippen molar-refractivity contribution >= 4 is 17.3 Å². The number of likely N-dealkylation sites (tertiary alicyclic amines) is 1. The maximum Gasteiger partial charge on any atom is 0.255 e. The molecular formula is C26H35N3O2. The second kappa shape index (κ2) is 10.7. The topological polar surface area (TPSA) is 44.8 Å². The van der Waals surface area contributed by atoms with Crippen molar-refractivity contribution in [3.63, 3.8) is 0 Å². The Hall–Kier alpha value is -2.53. The highest BCUT2D eigenvalue weighted by Gasteiger charge is 2.28. The van der Waals surface area contributed by atoms with Crippen molar-refractivity contribution in [3.8, 4) is 5.75 Å². The van der Waals surface area contributed by atoms with Gasteiger partial charge in [0.2, 0.25) is 0 Å². The van der Waals surface area contributed by atoms with Gasteiger partial charge in [-0.25, -0.2) is 0 Å². The molecule has 4 rings (SSSR count). The fourth-order valence-corrected chi connectivity index (χ4v) is 4.55. The number of carbonyl (C=O) groups is 1. The number of nitrogens with zero attached hydrogens (tertiary/aromatic N) is 2. The molecule has 31 heavy (non-hydrogen) atoms. The normalized spacial score (nSPS) is 19.4. The molecule has 0 radical (unpaired) electrons. The van der Waals surface area contributed by atoms with Crippen LogP contribution in [0.1, 0.15) is 55.8 Å². The predicted octanol–water partition coefficient (Wildman–Crippen LogP) is 5.18. The lowest BCUT2D eigenvalue weighted by Crippen LogP contribution is -2.40. The molecule has 166 valence electrons. The van der Waals surface area contributed by atoms with Crippen LogP contribution in [0.15, 0.2) is 48.5 Å². The van der Waals surface area contributed by atoms with Crippen LogP contribution in [0, 0.1) is 0 Å². The number of piperidine rings is 1. The molecule has 2 fully saturated rings. The minimum Gasteiger partial charge on any atom is -0.494 e. The van der Waals surface area contributed by atoms with E-state index in [0.29, 0.717) is 18.2 Å². The lowest BCUT2D eigenvalue weighted by molar-refractivity contribution is 0.102. The fourth-order valence-electron chi connectivity index (χ4n) is 4.55. The first-order valence-corrected chi connectivity index (χ1v) is 11.9. The molecule has 2 heterocycles. The number of nitrogens with one attached hydrogen (secondary N) is 1. The van der Waals surface area contributed by atoms with Gasteiger partial charge in [-0.3, -0.25) is 9.69 Å². The molecule has 0 saturated carbocycles. The van der Waals surface area contributed by atoms with Gasteiger partial charge in [0.15, 0.2) is 0 Å². The second-order valence-corrected chi connectivity index (χ2v) is 8.71. The van der Waals surface area contributed by atoms with E-state index in [1.807, 2.05) is 36.4 Å². The van der Waals surface area contributed by atoms with Crippen LogP contribution in [-0.4, -0.2) is 49.6 Å². The number of carbonyl (C=O) groups excluding carboxylic acids is 1. The third-order valence-corrected chi connectivity index (χ3v) is 6.44. The quantitative estimate of drug-likeness (QED) is 0.597. The van der Waals surface area contributed by atoms with Crippen LogP contribution >= 0.6 is 0 Å². The summed E-state index contributed by atoms with van der Waals surface area (Å²) in [7, 11) is 0.